The Morgan fingerprint density at radius 1 is 1.10 bits per heavy atom. The van der Waals surface area contributed by atoms with Gasteiger partial charge in [-0.15, -0.1) is 0 Å². The number of halogens is 1. The average Bonchev–Trinajstić information content (AvgIpc) is 2.47. The van der Waals surface area contributed by atoms with Gasteiger partial charge < -0.3 is 10.6 Å². The Balaban J connectivity index is 1.98. The van der Waals surface area contributed by atoms with Crippen molar-refractivity contribution < 1.29 is 9.59 Å². The highest BCUT2D eigenvalue weighted by atomic mass is 79.9. The largest absolute Gasteiger partial charge is 0.355 e. The SMILES string of the molecule is CNC(=O)c1ccc(NC(=O)Cc2cccc(Br)c2)cc1. The molecular weight excluding hydrogens is 332 g/mol. The van der Waals surface area contributed by atoms with Crippen LogP contribution in [0, 0.1) is 0 Å². The van der Waals surface area contributed by atoms with Crippen LogP contribution >= 0.6 is 15.9 Å². The lowest BCUT2D eigenvalue weighted by atomic mass is 10.1. The maximum Gasteiger partial charge on any atom is 0.251 e. The van der Waals surface area contributed by atoms with Crippen LogP contribution in [0.3, 0.4) is 0 Å². The highest BCUT2D eigenvalue weighted by Crippen LogP contribution is 2.14. The molecule has 2 N–H and O–H groups in total. The lowest BCUT2D eigenvalue weighted by molar-refractivity contribution is -0.115. The van der Waals surface area contributed by atoms with Crippen molar-refractivity contribution in [3.05, 3.63) is 64.1 Å². The van der Waals surface area contributed by atoms with Crippen molar-refractivity contribution in [2.24, 2.45) is 0 Å². The first-order valence-corrected chi connectivity index (χ1v) is 7.24. The quantitative estimate of drug-likeness (QED) is 0.893. The van der Waals surface area contributed by atoms with E-state index in [4.69, 9.17) is 0 Å². The maximum absolute atomic E-state index is 12.0. The fourth-order valence-corrected chi connectivity index (χ4v) is 2.33. The predicted molar refractivity (Wildman–Crippen MR) is 86.3 cm³/mol. The molecule has 0 fully saturated rings. The third-order valence-corrected chi connectivity index (χ3v) is 3.40. The Kier molecular flexibility index (Phi) is 5.11. The van der Waals surface area contributed by atoms with Gasteiger partial charge in [-0.1, -0.05) is 28.1 Å². The molecule has 0 radical (unpaired) electrons. The molecule has 2 aromatic rings. The second-order valence-electron chi connectivity index (χ2n) is 4.51. The van der Waals surface area contributed by atoms with Crippen LogP contribution < -0.4 is 10.6 Å². The molecule has 0 unspecified atom stereocenters. The van der Waals surface area contributed by atoms with E-state index in [1.165, 1.54) is 0 Å². The van der Waals surface area contributed by atoms with Gasteiger partial charge in [-0.05, 0) is 42.0 Å². The summed E-state index contributed by atoms with van der Waals surface area (Å²) < 4.78 is 0.947. The molecule has 21 heavy (non-hydrogen) atoms. The first-order valence-electron chi connectivity index (χ1n) is 6.45. The van der Waals surface area contributed by atoms with E-state index in [9.17, 15) is 9.59 Å². The normalized spacial score (nSPS) is 10.0. The van der Waals surface area contributed by atoms with Crippen molar-refractivity contribution in [1.82, 2.24) is 5.32 Å². The van der Waals surface area contributed by atoms with Crippen LogP contribution in [0.5, 0.6) is 0 Å². The zero-order valence-electron chi connectivity index (χ0n) is 11.5. The molecule has 2 aromatic carbocycles. The highest BCUT2D eigenvalue weighted by Gasteiger charge is 2.06. The van der Waals surface area contributed by atoms with Crippen LogP contribution in [-0.2, 0) is 11.2 Å². The molecule has 0 aliphatic carbocycles. The molecule has 0 bridgehead atoms. The van der Waals surface area contributed by atoms with Crippen LogP contribution in [0.15, 0.2) is 53.0 Å². The number of benzene rings is 2. The molecule has 0 saturated heterocycles. The summed E-state index contributed by atoms with van der Waals surface area (Å²) in [4.78, 5) is 23.4. The third-order valence-electron chi connectivity index (χ3n) is 2.91. The Labute approximate surface area is 131 Å². The Hall–Kier alpha value is -2.14. The van der Waals surface area contributed by atoms with Gasteiger partial charge in [0.25, 0.3) is 5.91 Å². The fourth-order valence-electron chi connectivity index (χ4n) is 1.89. The van der Waals surface area contributed by atoms with Crippen molar-refractivity contribution in [3.63, 3.8) is 0 Å². The molecule has 2 rings (SSSR count). The van der Waals surface area contributed by atoms with Gasteiger partial charge in [-0.3, -0.25) is 9.59 Å². The number of anilines is 1. The molecule has 108 valence electrons. The van der Waals surface area contributed by atoms with Gasteiger partial charge in [-0.25, -0.2) is 0 Å². The summed E-state index contributed by atoms with van der Waals surface area (Å²) in [7, 11) is 1.58. The van der Waals surface area contributed by atoms with Gasteiger partial charge in [0.1, 0.15) is 0 Å². The maximum atomic E-state index is 12.0. The minimum atomic E-state index is -0.151. The molecule has 5 heteroatoms. The average molecular weight is 347 g/mol. The van der Waals surface area contributed by atoms with Crippen LogP contribution in [0.2, 0.25) is 0 Å². The molecule has 4 nitrogen and oxygen atoms in total. The Morgan fingerprint density at radius 3 is 2.43 bits per heavy atom. The van der Waals surface area contributed by atoms with E-state index in [1.807, 2.05) is 24.3 Å². The van der Waals surface area contributed by atoms with Crippen LogP contribution in [-0.4, -0.2) is 18.9 Å². The van der Waals surface area contributed by atoms with E-state index in [0.29, 0.717) is 17.7 Å². The number of rotatable bonds is 4. The zero-order valence-corrected chi connectivity index (χ0v) is 13.1. The number of hydrogen-bond donors (Lipinski definition) is 2. The first-order chi connectivity index (χ1) is 10.1. The van der Waals surface area contributed by atoms with Crippen LogP contribution in [0.4, 0.5) is 5.69 Å². The second-order valence-corrected chi connectivity index (χ2v) is 5.43. The molecule has 0 atom stereocenters. The fraction of sp³-hybridized carbons (Fsp3) is 0.125. The summed E-state index contributed by atoms with van der Waals surface area (Å²) in [5, 5.41) is 5.36. The van der Waals surface area contributed by atoms with E-state index < -0.39 is 0 Å². The lowest BCUT2D eigenvalue weighted by Crippen LogP contribution is -2.18. The van der Waals surface area contributed by atoms with Gasteiger partial charge in [0.05, 0.1) is 6.42 Å². The molecule has 0 spiro atoms. The Bertz CT molecular complexity index is 654. The van der Waals surface area contributed by atoms with E-state index in [0.717, 1.165) is 10.0 Å². The topological polar surface area (TPSA) is 58.2 Å². The van der Waals surface area contributed by atoms with Crippen molar-refractivity contribution in [3.8, 4) is 0 Å². The predicted octanol–water partition coefficient (Wildman–Crippen LogP) is 2.99. The number of carbonyl (C=O) groups excluding carboxylic acids is 2. The minimum absolute atomic E-state index is 0.0965. The van der Waals surface area contributed by atoms with Crippen molar-refractivity contribution in [2.75, 3.05) is 12.4 Å². The Morgan fingerprint density at radius 2 is 1.81 bits per heavy atom. The third kappa shape index (κ3) is 4.43. The first kappa shape index (κ1) is 15.3. The van der Waals surface area contributed by atoms with Gasteiger partial charge >= 0.3 is 0 Å². The van der Waals surface area contributed by atoms with Gasteiger partial charge in [0.2, 0.25) is 5.91 Å². The molecule has 0 aromatic heterocycles. The number of nitrogens with one attached hydrogen (secondary N) is 2. The van der Waals surface area contributed by atoms with E-state index >= 15 is 0 Å². The van der Waals surface area contributed by atoms with E-state index in [2.05, 4.69) is 26.6 Å². The molecule has 0 aliphatic heterocycles. The van der Waals surface area contributed by atoms with Crippen molar-refractivity contribution in [1.29, 1.82) is 0 Å². The van der Waals surface area contributed by atoms with E-state index in [-0.39, 0.29) is 11.8 Å². The van der Waals surface area contributed by atoms with Crippen molar-refractivity contribution >= 4 is 33.4 Å². The summed E-state index contributed by atoms with van der Waals surface area (Å²) in [5.41, 5.74) is 2.16. The number of hydrogen-bond acceptors (Lipinski definition) is 2. The molecule has 0 saturated carbocycles. The zero-order chi connectivity index (χ0) is 15.2. The van der Waals surface area contributed by atoms with Crippen molar-refractivity contribution in [2.45, 2.75) is 6.42 Å². The van der Waals surface area contributed by atoms with Crippen LogP contribution in [0.1, 0.15) is 15.9 Å². The van der Waals surface area contributed by atoms with Crippen LogP contribution in [0.25, 0.3) is 0 Å². The monoisotopic (exact) mass is 346 g/mol. The summed E-state index contributed by atoms with van der Waals surface area (Å²) in [5.74, 6) is -0.247. The van der Waals surface area contributed by atoms with Gasteiger partial charge in [-0.2, -0.15) is 0 Å². The summed E-state index contributed by atoms with van der Waals surface area (Å²) in [6.07, 6.45) is 0.302. The molecule has 2 amide bonds. The summed E-state index contributed by atoms with van der Waals surface area (Å²) in [6.45, 7) is 0. The lowest BCUT2D eigenvalue weighted by Gasteiger charge is -2.06. The van der Waals surface area contributed by atoms with Gasteiger partial charge in [0, 0.05) is 22.8 Å². The minimum Gasteiger partial charge on any atom is -0.355 e. The standard InChI is InChI=1S/C16H15BrN2O2/c1-18-16(21)12-5-7-14(8-6-12)19-15(20)10-11-3-2-4-13(17)9-11/h2-9H,10H2,1H3,(H,18,21)(H,19,20). The summed E-state index contributed by atoms with van der Waals surface area (Å²) >= 11 is 3.38. The van der Waals surface area contributed by atoms with Gasteiger partial charge in [0.15, 0.2) is 0 Å². The second kappa shape index (κ2) is 7.04. The smallest absolute Gasteiger partial charge is 0.251 e. The highest BCUT2D eigenvalue weighted by molar-refractivity contribution is 9.10. The van der Waals surface area contributed by atoms with E-state index in [1.54, 1.807) is 31.3 Å². The number of carbonyl (C=O) groups is 2. The molecule has 0 heterocycles. The summed E-state index contributed by atoms with van der Waals surface area (Å²) in [6, 6.07) is 14.4. The molecule has 0 aliphatic rings. The number of amides is 2. The molecular formula is C16H15BrN2O2.